The minimum absolute atomic E-state index is 0.00240. The van der Waals surface area contributed by atoms with E-state index in [2.05, 4.69) is 21.3 Å². The van der Waals surface area contributed by atoms with E-state index in [1.807, 2.05) is 13.8 Å². The second-order valence-electron chi connectivity index (χ2n) is 18.0. The summed E-state index contributed by atoms with van der Waals surface area (Å²) in [5.41, 5.74) is -3.69. The van der Waals surface area contributed by atoms with Crippen LogP contribution in [0.5, 0.6) is 0 Å². The van der Waals surface area contributed by atoms with Crippen LogP contribution in [0.4, 0.5) is 4.79 Å². The lowest BCUT2D eigenvalue weighted by atomic mass is 9.72. The van der Waals surface area contributed by atoms with Crippen molar-refractivity contribution >= 4 is 45.2 Å². The van der Waals surface area contributed by atoms with E-state index in [1.54, 1.807) is 41.5 Å². The van der Waals surface area contributed by atoms with Gasteiger partial charge in [-0.3, -0.25) is 24.0 Å². The van der Waals surface area contributed by atoms with Gasteiger partial charge in [0, 0.05) is 25.4 Å². The lowest BCUT2D eigenvalue weighted by Gasteiger charge is -2.42. The number of piperidine rings is 1. The lowest BCUT2D eigenvalue weighted by Crippen LogP contribution is -2.69. The number of hydrogen-bond donors (Lipinski definition) is 4. The maximum atomic E-state index is 14.4. The number of nitrogens with one attached hydrogen (secondary N) is 4. The Kier molecular flexibility index (Phi) is 9.37. The van der Waals surface area contributed by atoms with Crippen LogP contribution in [0.3, 0.4) is 0 Å². The third kappa shape index (κ3) is 7.26. The highest BCUT2D eigenvalue weighted by Gasteiger charge is 2.70. The molecule has 5 fully saturated rings. The molecule has 0 radical (unpaired) electrons. The molecule has 1 heterocycles. The van der Waals surface area contributed by atoms with Gasteiger partial charge < -0.3 is 26.2 Å². The van der Waals surface area contributed by atoms with Crippen LogP contribution < -0.4 is 21.3 Å². The highest BCUT2D eigenvalue weighted by molar-refractivity contribution is 7.92. The summed E-state index contributed by atoms with van der Waals surface area (Å²) in [5.74, 6) is -3.42. The number of fused-ring (bicyclic) bond motifs is 1. The maximum absolute atomic E-state index is 14.4. The van der Waals surface area contributed by atoms with Crippen LogP contribution in [0.15, 0.2) is 0 Å². The van der Waals surface area contributed by atoms with Crippen LogP contribution >= 0.6 is 0 Å². The van der Waals surface area contributed by atoms with Crippen molar-refractivity contribution < 1.29 is 37.2 Å². The van der Waals surface area contributed by atoms with Crippen molar-refractivity contribution in [1.82, 2.24) is 26.2 Å². The molecule has 0 aromatic rings. The largest absolute Gasteiger partial charge is 0.347 e. The van der Waals surface area contributed by atoms with Gasteiger partial charge >= 0.3 is 6.03 Å². The van der Waals surface area contributed by atoms with E-state index in [0.717, 1.165) is 32.1 Å². The number of hydrogen-bond acceptors (Lipinski definition) is 8. The quantitative estimate of drug-likeness (QED) is 0.249. The van der Waals surface area contributed by atoms with Gasteiger partial charge in [-0.15, -0.1) is 0 Å². The monoisotopic (exact) mass is 705 g/mol. The smallest absolute Gasteiger partial charge is 0.315 e. The maximum Gasteiger partial charge on any atom is 0.315 e. The minimum atomic E-state index is -3.58. The van der Waals surface area contributed by atoms with E-state index < -0.39 is 72.7 Å². The van der Waals surface area contributed by atoms with Crippen molar-refractivity contribution in [3.63, 3.8) is 0 Å². The Bertz CT molecular complexity index is 1520. The van der Waals surface area contributed by atoms with Crippen molar-refractivity contribution in [2.75, 3.05) is 12.3 Å². The highest BCUT2D eigenvalue weighted by atomic mass is 32.2. The molecule has 1 saturated heterocycles. The predicted molar refractivity (Wildman–Crippen MR) is 182 cm³/mol. The summed E-state index contributed by atoms with van der Waals surface area (Å²) in [4.78, 5) is 81.9. The van der Waals surface area contributed by atoms with Crippen LogP contribution in [-0.2, 0) is 33.8 Å². The van der Waals surface area contributed by atoms with Crippen LogP contribution in [0, 0.1) is 22.7 Å². The molecular weight excluding hydrogens is 650 g/mol. The Morgan fingerprint density at radius 1 is 0.918 bits per heavy atom. The molecule has 4 saturated carbocycles. The standard InChI is InChI=1S/C35H55N5O8S/c1-31(2,3)25(37-30(46)39-34(14-10-9-11-15-34)19-49(47,48)32(4,5)6)29(45)40-18-22-23(33(22,7)8)24(40)27(43)38-35(16-21(41)17-35)26(42)28(44)36-20-12-13-20/h20,22-25H,9-19H2,1-8H3,(H,36,44)(H,38,43)(H2,37,39,46)/t22-,23-,24-,25+/m0/s1. The Balaban J connectivity index is 1.35. The van der Waals surface area contributed by atoms with E-state index in [1.165, 1.54) is 4.90 Å². The Hall–Kier alpha value is -3.03. The molecule has 5 aliphatic rings. The van der Waals surface area contributed by atoms with Gasteiger partial charge in [0.05, 0.1) is 16.0 Å². The Labute approximate surface area is 290 Å². The molecule has 14 heteroatoms. The summed E-state index contributed by atoms with van der Waals surface area (Å²) in [6.45, 7) is 14.6. The van der Waals surface area contributed by atoms with Gasteiger partial charge in [0.25, 0.3) is 5.91 Å². The first-order valence-corrected chi connectivity index (χ1v) is 19.4. The second kappa shape index (κ2) is 12.3. The fourth-order valence-corrected chi connectivity index (χ4v) is 9.60. The van der Waals surface area contributed by atoms with Gasteiger partial charge in [0.1, 0.15) is 23.4 Å². The molecule has 49 heavy (non-hydrogen) atoms. The lowest BCUT2D eigenvalue weighted by molar-refractivity contribution is -0.152. The summed E-state index contributed by atoms with van der Waals surface area (Å²) in [6, 6.07) is -2.78. The van der Waals surface area contributed by atoms with Crippen LogP contribution in [-0.4, -0.2) is 94.9 Å². The Morgan fingerprint density at radius 2 is 1.51 bits per heavy atom. The number of sulfone groups is 1. The van der Waals surface area contributed by atoms with Crippen molar-refractivity contribution in [1.29, 1.82) is 0 Å². The van der Waals surface area contributed by atoms with E-state index in [4.69, 9.17) is 0 Å². The zero-order chi connectivity index (χ0) is 36.5. The van der Waals surface area contributed by atoms with E-state index >= 15 is 0 Å². The summed E-state index contributed by atoms with van der Waals surface area (Å²) >= 11 is 0. The molecule has 0 unspecified atom stereocenters. The number of ketones is 2. The predicted octanol–water partition coefficient (Wildman–Crippen LogP) is 2.17. The number of amides is 5. The number of rotatable bonds is 10. The summed E-state index contributed by atoms with van der Waals surface area (Å²) in [6.07, 6.45) is 4.44. The average molecular weight is 706 g/mol. The Morgan fingerprint density at radius 3 is 2.02 bits per heavy atom. The fraction of sp³-hybridized carbons (Fsp3) is 0.829. The van der Waals surface area contributed by atoms with Crippen molar-refractivity contribution in [3.05, 3.63) is 0 Å². The van der Waals surface area contributed by atoms with Crippen LogP contribution in [0.25, 0.3) is 0 Å². The second-order valence-corrected chi connectivity index (χ2v) is 20.8. The SMILES string of the molecule is CC(C)(C)[C@H](NC(=O)NC1(CS(=O)(=O)C(C)(C)C)CCCCC1)C(=O)N1C[C@H]2[C@@H]([C@H]1C(=O)NC1(C(=O)C(=O)NC3CC3)CC(=O)C1)C2(C)C. The molecule has 4 aliphatic carbocycles. The molecule has 4 atom stereocenters. The average Bonchev–Trinajstić information content (AvgIpc) is 3.80. The minimum Gasteiger partial charge on any atom is -0.347 e. The summed E-state index contributed by atoms with van der Waals surface area (Å²) in [5, 5.41) is 11.2. The first-order chi connectivity index (χ1) is 22.4. The normalized spacial score (nSPS) is 27.6. The van der Waals surface area contributed by atoms with Crippen molar-refractivity contribution in [3.8, 4) is 0 Å². The molecule has 4 N–H and O–H groups in total. The molecule has 274 valence electrons. The molecule has 0 bridgehead atoms. The molecule has 5 amide bonds. The zero-order valence-corrected chi connectivity index (χ0v) is 31.1. The van der Waals surface area contributed by atoms with E-state index in [0.29, 0.717) is 12.8 Å². The number of Topliss-reactive ketones (excluding diaryl/α,β-unsaturated/α-hetero) is 2. The molecule has 0 spiro atoms. The summed E-state index contributed by atoms with van der Waals surface area (Å²) < 4.78 is 25.6. The number of carbonyl (C=O) groups excluding carboxylic acids is 6. The number of nitrogens with zero attached hydrogens (tertiary/aromatic N) is 1. The molecule has 13 nitrogen and oxygen atoms in total. The topological polar surface area (TPSA) is 188 Å². The van der Waals surface area contributed by atoms with Crippen LogP contribution in [0.2, 0.25) is 0 Å². The van der Waals surface area contributed by atoms with E-state index in [9.17, 15) is 37.2 Å². The highest BCUT2D eigenvalue weighted by Crippen LogP contribution is 2.65. The van der Waals surface area contributed by atoms with Gasteiger partial charge in [0.2, 0.25) is 17.6 Å². The third-order valence-electron chi connectivity index (χ3n) is 11.7. The first kappa shape index (κ1) is 37.2. The van der Waals surface area contributed by atoms with Crippen LogP contribution in [0.1, 0.15) is 113 Å². The van der Waals surface area contributed by atoms with Gasteiger partial charge in [0.15, 0.2) is 9.84 Å². The molecular formula is C35H55N5O8S. The van der Waals surface area contributed by atoms with Gasteiger partial charge in [-0.25, -0.2) is 13.2 Å². The number of carbonyl (C=O) groups is 6. The summed E-state index contributed by atoms with van der Waals surface area (Å²) in [7, 11) is -3.58. The molecule has 0 aromatic heterocycles. The van der Waals surface area contributed by atoms with Crippen molar-refractivity contribution in [2.24, 2.45) is 22.7 Å². The van der Waals surface area contributed by atoms with Gasteiger partial charge in [-0.2, -0.15) is 0 Å². The molecule has 1 aliphatic heterocycles. The first-order valence-electron chi connectivity index (χ1n) is 17.7. The third-order valence-corrected chi connectivity index (χ3v) is 14.4. The number of urea groups is 1. The molecule has 5 rings (SSSR count). The number of likely N-dealkylation sites (tertiary alicyclic amines) is 1. The fourth-order valence-electron chi connectivity index (χ4n) is 8.08. The van der Waals surface area contributed by atoms with Crippen molar-refractivity contribution in [2.45, 2.75) is 147 Å². The molecule has 0 aromatic carbocycles. The zero-order valence-electron chi connectivity index (χ0n) is 30.3. The van der Waals surface area contributed by atoms with E-state index in [-0.39, 0.29) is 54.2 Å². The van der Waals surface area contributed by atoms with Gasteiger partial charge in [-0.05, 0) is 69.1 Å². The van der Waals surface area contributed by atoms with Gasteiger partial charge in [-0.1, -0.05) is 53.9 Å².